The molecule has 0 unspecified atom stereocenters. The van der Waals surface area contributed by atoms with Crippen LogP contribution in [-0.2, 0) is 20.0 Å². The van der Waals surface area contributed by atoms with Crippen molar-refractivity contribution >= 4 is 46.9 Å². The smallest absolute Gasteiger partial charge is 0.339 e. The molecule has 0 aliphatic rings. The van der Waals surface area contributed by atoms with Crippen LogP contribution in [0.1, 0.15) is 26.3 Å². The number of hydrogen-bond donors (Lipinski definition) is 1. The van der Waals surface area contributed by atoms with Gasteiger partial charge in [-0.25, -0.2) is 14.0 Å². The molecule has 28 heavy (non-hydrogen) atoms. The Morgan fingerprint density at radius 1 is 1.07 bits per heavy atom. The standard InChI is InChI=1S/C19H17ClFNO5S/c1-26-18(24)11-4-6-14(19(25)27-2)16(7-11)22-17(23)10-28-9-12-3-5-13(20)8-15(12)21/h3-8H,9-10H2,1-2H3,(H,22,23). The Morgan fingerprint density at radius 2 is 1.79 bits per heavy atom. The first-order valence-corrected chi connectivity index (χ1v) is 9.51. The third-order valence-electron chi connectivity index (χ3n) is 3.63. The molecule has 0 spiro atoms. The van der Waals surface area contributed by atoms with Gasteiger partial charge < -0.3 is 14.8 Å². The van der Waals surface area contributed by atoms with Gasteiger partial charge in [-0.05, 0) is 35.9 Å². The van der Waals surface area contributed by atoms with E-state index in [9.17, 15) is 18.8 Å². The molecule has 0 heterocycles. The summed E-state index contributed by atoms with van der Waals surface area (Å²) in [6.45, 7) is 0. The van der Waals surface area contributed by atoms with Gasteiger partial charge in [0.2, 0.25) is 5.91 Å². The van der Waals surface area contributed by atoms with Gasteiger partial charge >= 0.3 is 11.9 Å². The maximum Gasteiger partial charge on any atom is 0.339 e. The minimum absolute atomic E-state index is 0.00509. The minimum atomic E-state index is -0.664. The van der Waals surface area contributed by atoms with Crippen molar-refractivity contribution < 1.29 is 28.2 Å². The van der Waals surface area contributed by atoms with Crippen LogP contribution in [-0.4, -0.2) is 37.8 Å². The molecule has 2 aromatic carbocycles. The van der Waals surface area contributed by atoms with Gasteiger partial charge in [-0.1, -0.05) is 17.7 Å². The van der Waals surface area contributed by atoms with Crippen LogP contribution in [0.4, 0.5) is 10.1 Å². The van der Waals surface area contributed by atoms with Crippen LogP contribution in [0.3, 0.4) is 0 Å². The largest absolute Gasteiger partial charge is 0.465 e. The number of benzene rings is 2. The van der Waals surface area contributed by atoms with Gasteiger partial charge in [0.1, 0.15) is 5.82 Å². The number of hydrogen-bond acceptors (Lipinski definition) is 6. The summed E-state index contributed by atoms with van der Waals surface area (Å²) in [4.78, 5) is 35.8. The average Bonchev–Trinajstić information content (AvgIpc) is 2.68. The predicted molar refractivity (Wildman–Crippen MR) is 105 cm³/mol. The quantitative estimate of drug-likeness (QED) is 0.677. The SMILES string of the molecule is COC(=O)c1ccc(C(=O)OC)c(NC(=O)CSCc2ccc(Cl)cc2F)c1. The van der Waals surface area contributed by atoms with E-state index in [4.69, 9.17) is 11.6 Å². The normalized spacial score (nSPS) is 10.3. The van der Waals surface area contributed by atoms with Crippen molar-refractivity contribution in [2.75, 3.05) is 25.3 Å². The lowest BCUT2D eigenvalue weighted by Gasteiger charge is -2.11. The van der Waals surface area contributed by atoms with Crippen LogP contribution in [0.2, 0.25) is 5.02 Å². The Kier molecular flexibility index (Phi) is 7.83. The zero-order valence-corrected chi connectivity index (χ0v) is 16.7. The van der Waals surface area contributed by atoms with Crippen molar-refractivity contribution in [1.82, 2.24) is 0 Å². The van der Waals surface area contributed by atoms with Crippen molar-refractivity contribution in [3.63, 3.8) is 0 Å². The molecule has 2 rings (SSSR count). The number of rotatable bonds is 7. The number of esters is 2. The lowest BCUT2D eigenvalue weighted by molar-refractivity contribution is -0.113. The summed E-state index contributed by atoms with van der Waals surface area (Å²) in [5.74, 6) is -1.87. The highest BCUT2D eigenvalue weighted by Crippen LogP contribution is 2.22. The Balaban J connectivity index is 2.06. The van der Waals surface area contributed by atoms with Crippen molar-refractivity contribution in [3.8, 4) is 0 Å². The van der Waals surface area contributed by atoms with E-state index < -0.39 is 23.7 Å². The van der Waals surface area contributed by atoms with Crippen LogP contribution in [0.25, 0.3) is 0 Å². The Bertz CT molecular complexity index is 906. The molecule has 148 valence electrons. The molecular weight excluding hydrogens is 409 g/mol. The molecule has 0 saturated heterocycles. The van der Waals surface area contributed by atoms with Gasteiger partial charge in [0.25, 0.3) is 0 Å². The monoisotopic (exact) mass is 425 g/mol. The van der Waals surface area contributed by atoms with Crippen molar-refractivity contribution in [2.45, 2.75) is 5.75 Å². The summed E-state index contributed by atoms with van der Waals surface area (Å²) in [5, 5.41) is 2.87. The van der Waals surface area contributed by atoms with Crippen molar-refractivity contribution in [2.24, 2.45) is 0 Å². The Morgan fingerprint density at radius 3 is 2.43 bits per heavy atom. The topological polar surface area (TPSA) is 81.7 Å². The van der Waals surface area contributed by atoms with E-state index in [1.165, 1.54) is 50.2 Å². The second-order valence-corrected chi connectivity index (χ2v) is 6.94. The number of halogens is 2. The summed E-state index contributed by atoms with van der Waals surface area (Å²) < 4.78 is 23.1. The number of carbonyl (C=O) groups excluding carboxylic acids is 3. The fraction of sp³-hybridized carbons (Fsp3) is 0.211. The van der Waals surface area contributed by atoms with Crippen LogP contribution < -0.4 is 5.32 Å². The number of nitrogens with one attached hydrogen (secondary N) is 1. The molecule has 0 aromatic heterocycles. The van der Waals surface area contributed by atoms with E-state index in [0.29, 0.717) is 10.6 Å². The fourth-order valence-electron chi connectivity index (χ4n) is 2.26. The maximum absolute atomic E-state index is 13.8. The van der Waals surface area contributed by atoms with Crippen LogP contribution in [0, 0.1) is 5.82 Å². The number of anilines is 1. The van der Waals surface area contributed by atoms with E-state index >= 15 is 0 Å². The van der Waals surface area contributed by atoms with Crippen molar-refractivity contribution in [1.29, 1.82) is 0 Å². The maximum atomic E-state index is 13.8. The summed E-state index contributed by atoms with van der Waals surface area (Å²) in [7, 11) is 2.43. The van der Waals surface area contributed by atoms with Gasteiger partial charge in [0, 0.05) is 10.8 Å². The molecule has 0 atom stereocenters. The van der Waals surface area contributed by atoms with E-state index in [2.05, 4.69) is 14.8 Å². The minimum Gasteiger partial charge on any atom is -0.465 e. The number of amides is 1. The first kappa shape index (κ1) is 21.7. The summed E-state index contributed by atoms with van der Waals surface area (Å²) in [6.07, 6.45) is 0. The molecule has 0 bridgehead atoms. The molecule has 1 amide bonds. The van der Waals surface area contributed by atoms with E-state index in [1.54, 1.807) is 12.1 Å². The Hall–Kier alpha value is -2.58. The van der Waals surface area contributed by atoms with E-state index in [1.807, 2.05) is 0 Å². The fourth-order valence-corrected chi connectivity index (χ4v) is 3.23. The molecule has 2 aromatic rings. The third kappa shape index (κ3) is 5.71. The molecule has 0 fully saturated rings. The lowest BCUT2D eigenvalue weighted by atomic mass is 10.1. The second-order valence-electron chi connectivity index (χ2n) is 5.52. The molecular formula is C19H17ClFNO5S. The highest BCUT2D eigenvalue weighted by Gasteiger charge is 2.17. The summed E-state index contributed by atoms with van der Waals surface area (Å²) in [5.41, 5.74) is 0.807. The number of ether oxygens (including phenoxy) is 2. The van der Waals surface area contributed by atoms with E-state index in [-0.39, 0.29) is 28.3 Å². The molecule has 6 nitrogen and oxygen atoms in total. The molecule has 0 saturated carbocycles. The number of thioether (sulfide) groups is 1. The van der Waals surface area contributed by atoms with Gasteiger partial charge in [0.15, 0.2) is 0 Å². The molecule has 9 heteroatoms. The first-order valence-electron chi connectivity index (χ1n) is 7.98. The molecule has 0 aliphatic carbocycles. The molecule has 0 radical (unpaired) electrons. The van der Waals surface area contributed by atoms with Gasteiger partial charge in [0.05, 0.1) is 36.8 Å². The average molecular weight is 426 g/mol. The van der Waals surface area contributed by atoms with E-state index in [0.717, 1.165) is 0 Å². The Labute approximate surface area is 170 Å². The summed E-state index contributed by atoms with van der Waals surface area (Å²) in [6, 6.07) is 8.42. The predicted octanol–water partition coefficient (Wildman–Crippen LogP) is 3.92. The van der Waals surface area contributed by atoms with Crippen LogP contribution in [0.15, 0.2) is 36.4 Å². The number of methoxy groups -OCH3 is 2. The highest BCUT2D eigenvalue weighted by atomic mass is 35.5. The highest BCUT2D eigenvalue weighted by molar-refractivity contribution is 7.99. The second kappa shape index (κ2) is 10.1. The van der Waals surface area contributed by atoms with Crippen LogP contribution in [0.5, 0.6) is 0 Å². The van der Waals surface area contributed by atoms with Gasteiger partial charge in [-0.2, -0.15) is 0 Å². The van der Waals surface area contributed by atoms with Crippen LogP contribution >= 0.6 is 23.4 Å². The number of carbonyl (C=O) groups is 3. The zero-order chi connectivity index (χ0) is 20.7. The molecule has 1 N–H and O–H groups in total. The lowest BCUT2D eigenvalue weighted by Crippen LogP contribution is -2.18. The zero-order valence-electron chi connectivity index (χ0n) is 15.1. The van der Waals surface area contributed by atoms with Gasteiger partial charge in [-0.3, -0.25) is 4.79 Å². The first-order chi connectivity index (χ1) is 13.3. The van der Waals surface area contributed by atoms with Gasteiger partial charge in [-0.15, -0.1) is 11.8 Å². The molecule has 0 aliphatic heterocycles. The van der Waals surface area contributed by atoms with Crippen molar-refractivity contribution in [3.05, 3.63) is 63.9 Å². The third-order valence-corrected chi connectivity index (χ3v) is 4.84. The summed E-state index contributed by atoms with van der Waals surface area (Å²) >= 11 is 6.89.